The summed E-state index contributed by atoms with van der Waals surface area (Å²) in [5.74, 6) is 1.27. The lowest BCUT2D eigenvalue weighted by atomic mass is 9.92. The number of aromatic nitrogens is 1. The summed E-state index contributed by atoms with van der Waals surface area (Å²) in [7, 11) is 4.05. The molecule has 0 aliphatic carbocycles. The summed E-state index contributed by atoms with van der Waals surface area (Å²) in [6.45, 7) is 4.00. The molecule has 204 valence electrons. The molecule has 1 unspecified atom stereocenters. The smallest absolute Gasteiger partial charge is 0.258 e. The van der Waals surface area contributed by atoms with Crippen LogP contribution in [0.5, 0.6) is 11.5 Å². The van der Waals surface area contributed by atoms with Crippen LogP contribution in [-0.2, 0) is 0 Å². The van der Waals surface area contributed by atoms with Crippen molar-refractivity contribution in [3.05, 3.63) is 89.5 Å². The molecule has 0 radical (unpaired) electrons. The van der Waals surface area contributed by atoms with Gasteiger partial charge in [0, 0.05) is 58.5 Å². The number of H-pyrrole nitrogens is 1. The van der Waals surface area contributed by atoms with Gasteiger partial charge in [0.25, 0.3) is 5.91 Å². The summed E-state index contributed by atoms with van der Waals surface area (Å²) in [5, 5.41) is 13.6. The third-order valence-electron chi connectivity index (χ3n) is 7.74. The van der Waals surface area contributed by atoms with Gasteiger partial charge in [-0.25, -0.2) is 0 Å². The maximum atomic E-state index is 13.9. The molecule has 40 heavy (non-hydrogen) atoms. The van der Waals surface area contributed by atoms with Crippen LogP contribution in [0, 0.1) is 6.92 Å². The number of halogens is 1. The standard InChI is InChI=1S/C33H32ClN3O3/c1-20-5-4-6-26-30(38)17-29-32(31(20)26)24(18-34)19-37(29)33(39)23-8-7-22-15-27(35-28(22)16-23)21-9-11-25(12-10-21)40-14-13-36(2)3/h4-12,15-17,24,35,38H,13-14,18-19H2,1-3H3. The third-order valence-corrected chi connectivity index (χ3v) is 8.12. The van der Waals surface area contributed by atoms with Crippen molar-refractivity contribution in [2.24, 2.45) is 0 Å². The summed E-state index contributed by atoms with van der Waals surface area (Å²) >= 11 is 6.42. The second kappa shape index (κ2) is 10.5. The Morgan fingerprint density at radius 2 is 1.90 bits per heavy atom. The molecule has 4 aromatic carbocycles. The Bertz CT molecular complexity index is 1730. The van der Waals surface area contributed by atoms with Crippen LogP contribution in [0.2, 0.25) is 0 Å². The molecule has 7 heteroatoms. The van der Waals surface area contributed by atoms with Gasteiger partial charge < -0.3 is 24.6 Å². The van der Waals surface area contributed by atoms with E-state index in [0.29, 0.717) is 24.6 Å². The highest BCUT2D eigenvalue weighted by Crippen LogP contribution is 2.46. The number of carbonyl (C=O) groups excluding carboxylic acids is 1. The van der Waals surface area contributed by atoms with E-state index in [1.165, 1.54) is 0 Å². The number of aromatic hydroxyl groups is 1. The molecule has 1 atom stereocenters. The number of phenolic OH excluding ortho intramolecular Hbond substituents is 1. The van der Waals surface area contributed by atoms with Gasteiger partial charge in [-0.1, -0.05) is 24.3 Å². The predicted molar refractivity (Wildman–Crippen MR) is 163 cm³/mol. The van der Waals surface area contributed by atoms with E-state index in [4.69, 9.17) is 16.3 Å². The van der Waals surface area contributed by atoms with Gasteiger partial charge in [0.2, 0.25) is 0 Å². The zero-order chi connectivity index (χ0) is 28.0. The van der Waals surface area contributed by atoms with Gasteiger partial charge in [0.1, 0.15) is 18.1 Å². The van der Waals surface area contributed by atoms with Crippen LogP contribution in [0.3, 0.4) is 0 Å². The fourth-order valence-electron chi connectivity index (χ4n) is 5.66. The number of anilines is 1. The number of nitrogens with one attached hydrogen (secondary N) is 1. The third kappa shape index (κ3) is 4.67. The highest BCUT2D eigenvalue weighted by molar-refractivity contribution is 6.19. The lowest BCUT2D eigenvalue weighted by molar-refractivity contribution is 0.0988. The van der Waals surface area contributed by atoms with Gasteiger partial charge in [-0.2, -0.15) is 0 Å². The van der Waals surface area contributed by atoms with Crippen LogP contribution in [-0.4, -0.2) is 60.6 Å². The summed E-state index contributed by atoms with van der Waals surface area (Å²) in [5.41, 5.74) is 6.30. The minimum Gasteiger partial charge on any atom is -0.507 e. The molecule has 2 N–H and O–H groups in total. The number of carbonyl (C=O) groups is 1. The minimum absolute atomic E-state index is 0.0135. The molecule has 1 aliphatic rings. The van der Waals surface area contributed by atoms with Crippen molar-refractivity contribution in [2.45, 2.75) is 12.8 Å². The van der Waals surface area contributed by atoms with E-state index in [1.807, 2.05) is 81.7 Å². The first kappa shape index (κ1) is 26.2. The fourth-order valence-corrected chi connectivity index (χ4v) is 5.92. The number of aryl methyl sites for hydroxylation is 1. The first-order chi connectivity index (χ1) is 19.3. The monoisotopic (exact) mass is 553 g/mol. The average Bonchev–Trinajstić information content (AvgIpc) is 3.54. The molecule has 6 nitrogen and oxygen atoms in total. The van der Waals surface area contributed by atoms with Crippen LogP contribution in [0.25, 0.3) is 32.9 Å². The van der Waals surface area contributed by atoms with Gasteiger partial charge in [-0.15, -0.1) is 11.6 Å². The Hall–Kier alpha value is -4.00. The van der Waals surface area contributed by atoms with Gasteiger partial charge in [0.05, 0.1) is 5.69 Å². The molecule has 1 aromatic heterocycles. The van der Waals surface area contributed by atoms with E-state index in [0.717, 1.165) is 62.0 Å². The van der Waals surface area contributed by atoms with E-state index >= 15 is 0 Å². The molecule has 1 amide bonds. The number of phenols is 1. The van der Waals surface area contributed by atoms with Crippen LogP contribution in [0.4, 0.5) is 5.69 Å². The first-order valence-electron chi connectivity index (χ1n) is 13.5. The minimum atomic E-state index is -0.113. The van der Waals surface area contributed by atoms with Gasteiger partial charge >= 0.3 is 0 Å². The second-order valence-electron chi connectivity index (χ2n) is 10.8. The Morgan fingerprint density at radius 3 is 2.65 bits per heavy atom. The number of hydrogen-bond acceptors (Lipinski definition) is 4. The summed E-state index contributed by atoms with van der Waals surface area (Å²) in [4.78, 5) is 21.2. The lowest BCUT2D eigenvalue weighted by Gasteiger charge is -2.19. The number of aromatic amines is 1. The highest BCUT2D eigenvalue weighted by Gasteiger charge is 2.35. The number of nitrogens with zero attached hydrogens (tertiary/aromatic N) is 2. The molecule has 5 aromatic rings. The molecule has 0 saturated heterocycles. The topological polar surface area (TPSA) is 68.8 Å². The number of benzene rings is 4. The number of likely N-dealkylation sites (N-methyl/N-ethyl adjacent to an activating group) is 1. The molecule has 0 bridgehead atoms. The summed E-state index contributed by atoms with van der Waals surface area (Å²) in [6, 6.07) is 23.4. The van der Waals surface area contributed by atoms with Gasteiger partial charge in [0.15, 0.2) is 0 Å². The largest absolute Gasteiger partial charge is 0.507 e. The SMILES string of the molecule is Cc1cccc2c(O)cc3c(c12)C(CCl)CN3C(=O)c1ccc2cc(-c3ccc(OCCN(C)C)cc3)[nH]c2c1. The van der Waals surface area contributed by atoms with Crippen molar-refractivity contribution in [3.63, 3.8) is 0 Å². The molecule has 0 spiro atoms. The molecule has 2 heterocycles. The van der Waals surface area contributed by atoms with Crippen LogP contribution in [0.15, 0.2) is 72.8 Å². The van der Waals surface area contributed by atoms with Crippen molar-refractivity contribution in [1.29, 1.82) is 0 Å². The van der Waals surface area contributed by atoms with E-state index in [-0.39, 0.29) is 17.6 Å². The number of hydrogen-bond donors (Lipinski definition) is 2. The maximum Gasteiger partial charge on any atom is 0.258 e. The van der Waals surface area contributed by atoms with Crippen molar-refractivity contribution in [3.8, 4) is 22.8 Å². The number of fused-ring (bicyclic) bond motifs is 4. The molecular weight excluding hydrogens is 522 g/mol. The Morgan fingerprint density at radius 1 is 1.10 bits per heavy atom. The quantitative estimate of drug-likeness (QED) is 0.215. The molecule has 0 saturated carbocycles. The van der Waals surface area contributed by atoms with E-state index in [1.54, 1.807) is 11.0 Å². The lowest BCUT2D eigenvalue weighted by Crippen LogP contribution is -2.30. The predicted octanol–water partition coefficient (Wildman–Crippen LogP) is 6.93. The Balaban J connectivity index is 1.29. The van der Waals surface area contributed by atoms with Crippen molar-refractivity contribution in [2.75, 3.05) is 44.6 Å². The van der Waals surface area contributed by atoms with Gasteiger partial charge in [-0.05, 0) is 85.6 Å². The first-order valence-corrected chi connectivity index (χ1v) is 14.0. The van der Waals surface area contributed by atoms with Crippen LogP contribution < -0.4 is 9.64 Å². The van der Waals surface area contributed by atoms with Crippen molar-refractivity contribution >= 4 is 44.9 Å². The summed E-state index contributed by atoms with van der Waals surface area (Å²) < 4.78 is 5.82. The second-order valence-corrected chi connectivity index (χ2v) is 11.1. The number of ether oxygens (including phenoxy) is 1. The number of amides is 1. The zero-order valence-corrected chi connectivity index (χ0v) is 23.6. The molecule has 6 rings (SSSR count). The van der Waals surface area contributed by atoms with Crippen LogP contribution >= 0.6 is 11.6 Å². The Labute approximate surface area is 238 Å². The van der Waals surface area contributed by atoms with Crippen molar-refractivity contribution < 1.29 is 14.6 Å². The normalized spacial score (nSPS) is 14.8. The van der Waals surface area contributed by atoms with E-state index in [9.17, 15) is 9.90 Å². The number of alkyl halides is 1. The molecule has 0 fully saturated rings. The maximum absolute atomic E-state index is 13.9. The fraction of sp³-hybridized carbons (Fsp3) is 0.242. The molecular formula is C33H32ClN3O3. The molecule has 1 aliphatic heterocycles. The van der Waals surface area contributed by atoms with Crippen LogP contribution in [0.1, 0.15) is 27.4 Å². The average molecular weight is 554 g/mol. The Kier molecular flexibility index (Phi) is 6.90. The van der Waals surface area contributed by atoms with E-state index in [2.05, 4.69) is 16.0 Å². The van der Waals surface area contributed by atoms with Crippen molar-refractivity contribution in [1.82, 2.24) is 9.88 Å². The zero-order valence-electron chi connectivity index (χ0n) is 22.9. The number of rotatable bonds is 7. The van der Waals surface area contributed by atoms with E-state index < -0.39 is 0 Å². The van der Waals surface area contributed by atoms with Gasteiger partial charge in [-0.3, -0.25) is 4.79 Å². The highest BCUT2D eigenvalue weighted by atomic mass is 35.5. The summed E-state index contributed by atoms with van der Waals surface area (Å²) in [6.07, 6.45) is 0.